The summed E-state index contributed by atoms with van der Waals surface area (Å²) in [5.74, 6) is 0.835. The average Bonchev–Trinajstić information content (AvgIpc) is 2.77. The van der Waals surface area contributed by atoms with Gasteiger partial charge < -0.3 is 19.3 Å². The van der Waals surface area contributed by atoms with Gasteiger partial charge in [0.2, 0.25) is 0 Å². The van der Waals surface area contributed by atoms with E-state index in [4.69, 9.17) is 9.47 Å². The second-order valence-electron chi connectivity index (χ2n) is 4.93. The van der Waals surface area contributed by atoms with Crippen LogP contribution in [-0.2, 0) is 11.3 Å². The second-order valence-corrected chi connectivity index (χ2v) is 4.93. The monoisotopic (exact) mass is 262 g/mol. The minimum absolute atomic E-state index is 0.129. The summed E-state index contributed by atoms with van der Waals surface area (Å²) >= 11 is 0. The third-order valence-electron chi connectivity index (χ3n) is 3.71. The smallest absolute Gasteiger partial charge is 0.320 e. The molecule has 0 bridgehead atoms. The van der Waals surface area contributed by atoms with Crippen molar-refractivity contribution in [3.8, 4) is 5.75 Å². The highest BCUT2D eigenvalue weighted by atomic mass is 16.5. The molecular formula is C14H18N2O3. The Hall–Kier alpha value is -1.75. The molecule has 3 rings (SSSR count). The number of urea groups is 1. The van der Waals surface area contributed by atoms with Gasteiger partial charge in [0.25, 0.3) is 0 Å². The van der Waals surface area contributed by atoms with E-state index < -0.39 is 0 Å². The number of methoxy groups -OCH3 is 1. The Morgan fingerprint density at radius 3 is 2.84 bits per heavy atom. The van der Waals surface area contributed by atoms with E-state index in [0.717, 1.165) is 17.9 Å². The predicted molar refractivity (Wildman–Crippen MR) is 70.1 cm³/mol. The van der Waals surface area contributed by atoms with Crippen molar-refractivity contribution in [3.05, 3.63) is 29.8 Å². The van der Waals surface area contributed by atoms with Gasteiger partial charge in [-0.15, -0.1) is 0 Å². The summed E-state index contributed by atoms with van der Waals surface area (Å²) in [6.07, 6.45) is 0. The number of hydrogen-bond donors (Lipinski definition) is 0. The van der Waals surface area contributed by atoms with Gasteiger partial charge in [0.15, 0.2) is 0 Å². The van der Waals surface area contributed by atoms with Crippen molar-refractivity contribution in [3.63, 3.8) is 0 Å². The Balaban J connectivity index is 1.67. The molecule has 2 amide bonds. The third kappa shape index (κ3) is 2.38. The molecule has 0 aromatic heterocycles. The van der Waals surface area contributed by atoms with Gasteiger partial charge in [-0.2, -0.15) is 0 Å². The number of carbonyl (C=O) groups is 1. The first kappa shape index (κ1) is 12.3. The van der Waals surface area contributed by atoms with Crippen LogP contribution in [0.2, 0.25) is 0 Å². The lowest BCUT2D eigenvalue weighted by Gasteiger charge is -2.27. The molecule has 1 aromatic carbocycles. The van der Waals surface area contributed by atoms with E-state index >= 15 is 0 Å². The molecule has 1 unspecified atom stereocenters. The molecule has 0 N–H and O–H groups in total. The molecule has 0 saturated carbocycles. The minimum atomic E-state index is 0.129. The van der Waals surface area contributed by atoms with Crippen molar-refractivity contribution >= 4 is 6.03 Å². The maximum absolute atomic E-state index is 12.2. The van der Waals surface area contributed by atoms with Crippen LogP contribution in [0.25, 0.3) is 0 Å². The van der Waals surface area contributed by atoms with Crippen LogP contribution < -0.4 is 4.74 Å². The Bertz CT molecular complexity index is 460. The van der Waals surface area contributed by atoms with Crippen LogP contribution in [0.5, 0.6) is 5.75 Å². The molecule has 2 aliphatic heterocycles. The number of rotatable bonds is 3. The van der Waals surface area contributed by atoms with E-state index in [1.165, 1.54) is 0 Å². The first-order chi connectivity index (χ1) is 9.28. The summed E-state index contributed by atoms with van der Waals surface area (Å²) in [6.45, 7) is 3.42. The van der Waals surface area contributed by atoms with Crippen molar-refractivity contribution in [2.24, 2.45) is 0 Å². The van der Waals surface area contributed by atoms with Crippen LogP contribution in [-0.4, -0.2) is 55.3 Å². The summed E-state index contributed by atoms with van der Waals surface area (Å²) in [4.78, 5) is 16.1. The molecule has 0 spiro atoms. The molecule has 0 aliphatic carbocycles. The van der Waals surface area contributed by atoms with Crippen LogP contribution in [0.15, 0.2) is 24.3 Å². The Labute approximate surface area is 112 Å². The highest BCUT2D eigenvalue weighted by Gasteiger charge is 2.38. The molecule has 5 heteroatoms. The van der Waals surface area contributed by atoms with E-state index in [1.807, 2.05) is 34.1 Å². The Kier molecular flexibility index (Phi) is 3.29. The van der Waals surface area contributed by atoms with E-state index in [9.17, 15) is 4.79 Å². The highest BCUT2D eigenvalue weighted by molar-refractivity contribution is 5.77. The fourth-order valence-corrected chi connectivity index (χ4v) is 2.66. The summed E-state index contributed by atoms with van der Waals surface area (Å²) in [7, 11) is 1.65. The van der Waals surface area contributed by atoms with E-state index in [-0.39, 0.29) is 12.1 Å². The van der Waals surface area contributed by atoms with Gasteiger partial charge in [-0.25, -0.2) is 4.79 Å². The van der Waals surface area contributed by atoms with Crippen molar-refractivity contribution < 1.29 is 14.3 Å². The van der Waals surface area contributed by atoms with Gasteiger partial charge in [0, 0.05) is 19.6 Å². The molecule has 5 nitrogen and oxygen atoms in total. The van der Waals surface area contributed by atoms with E-state index in [2.05, 4.69) is 0 Å². The average molecular weight is 262 g/mol. The SMILES string of the molecule is COc1ccc(CN2CC3COCCN3C2=O)cc1. The maximum atomic E-state index is 12.2. The lowest BCUT2D eigenvalue weighted by Crippen LogP contribution is -2.43. The molecule has 0 radical (unpaired) electrons. The number of benzene rings is 1. The van der Waals surface area contributed by atoms with Gasteiger partial charge in [-0.05, 0) is 17.7 Å². The van der Waals surface area contributed by atoms with E-state index in [0.29, 0.717) is 26.3 Å². The molecule has 1 atom stereocenters. The number of hydrogen-bond acceptors (Lipinski definition) is 3. The Morgan fingerprint density at radius 1 is 1.37 bits per heavy atom. The van der Waals surface area contributed by atoms with Gasteiger partial charge in [0.05, 0.1) is 26.4 Å². The summed E-state index contributed by atoms with van der Waals surface area (Å²) in [6, 6.07) is 8.20. The zero-order valence-electron chi connectivity index (χ0n) is 11.0. The molecule has 2 heterocycles. The van der Waals surface area contributed by atoms with Crippen LogP contribution in [0.1, 0.15) is 5.56 Å². The topological polar surface area (TPSA) is 42.0 Å². The highest BCUT2D eigenvalue weighted by Crippen LogP contribution is 2.22. The number of nitrogens with zero attached hydrogens (tertiary/aromatic N) is 2. The first-order valence-corrected chi connectivity index (χ1v) is 6.54. The molecule has 19 heavy (non-hydrogen) atoms. The molecular weight excluding hydrogens is 244 g/mol. The van der Waals surface area contributed by atoms with Crippen molar-refractivity contribution in [1.29, 1.82) is 0 Å². The zero-order chi connectivity index (χ0) is 13.2. The summed E-state index contributed by atoms with van der Waals surface area (Å²) < 4.78 is 10.6. The molecule has 2 fully saturated rings. The number of carbonyl (C=O) groups excluding carboxylic acids is 1. The number of morpholine rings is 1. The van der Waals surface area contributed by atoms with Gasteiger partial charge in [-0.1, -0.05) is 12.1 Å². The fourth-order valence-electron chi connectivity index (χ4n) is 2.66. The van der Waals surface area contributed by atoms with Crippen LogP contribution in [0.4, 0.5) is 4.79 Å². The van der Waals surface area contributed by atoms with Crippen LogP contribution in [0, 0.1) is 0 Å². The number of fused-ring (bicyclic) bond motifs is 1. The molecule has 102 valence electrons. The quantitative estimate of drug-likeness (QED) is 0.825. The van der Waals surface area contributed by atoms with E-state index in [1.54, 1.807) is 7.11 Å². The van der Waals surface area contributed by atoms with Gasteiger partial charge in [0.1, 0.15) is 5.75 Å². The summed E-state index contributed by atoms with van der Waals surface area (Å²) in [5, 5.41) is 0. The second kappa shape index (κ2) is 5.09. The fraction of sp³-hybridized carbons (Fsp3) is 0.500. The lowest BCUT2D eigenvalue weighted by molar-refractivity contribution is 0.0299. The van der Waals surface area contributed by atoms with Gasteiger partial charge >= 0.3 is 6.03 Å². The van der Waals surface area contributed by atoms with Crippen molar-refractivity contribution in [2.45, 2.75) is 12.6 Å². The largest absolute Gasteiger partial charge is 0.497 e. The minimum Gasteiger partial charge on any atom is -0.497 e. The molecule has 1 aromatic rings. The van der Waals surface area contributed by atoms with Gasteiger partial charge in [-0.3, -0.25) is 0 Å². The number of ether oxygens (including phenoxy) is 2. The predicted octanol–water partition coefficient (Wildman–Crippen LogP) is 1.33. The van der Waals surface area contributed by atoms with Crippen molar-refractivity contribution in [1.82, 2.24) is 9.80 Å². The molecule has 2 saturated heterocycles. The standard InChI is InChI=1S/C14H18N2O3/c1-18-13-4-2-11(3-5-13)8-15-9-12-10-19-7-6-16(12)14(15)17/h2-5,12H,6-10H2,1H3. The molecule has 2 aliphatic rings. The Morgan fingerprint density at radius 2 is 2.16 bits per heavy atom. The lowest BCUT2D eigenvalue weighted by atomic mass is 10.2. The maximum Gasteiger partial charge on any atom is 0.320 e. The van der Waals surface area contributed by atoms with Crippen molar-refractivity contribution in [2.75, 3.05) is 33.4 Å². The zero-order valence-corrected chi connectivity index (χ0v) is 11.0. The van der Waals surface area contributed by atoms with Crippen LogP contribution >= 0.6 is 0 Å². The number of amides is 2. The third-order valence-corrected chi connectivity index (χ3v) is 3.71. The summed E-state index contributed by atoms with van der Waals surface area (Å²) in [5.41, 5.74) is 1.12. The van der Waals surface area contributed by atoms with Crippen LogP contribution in [0.3, 0.4) is 0 Å². The first-order valence-electron chi connectivity index (χ1n) is 6.54. The normalized spacial score (nSPS) is 22.6.